The molecule has 0 spiro atoms. The summed E-state index contributed by atoms with van der Waals surface area (Å²) < 4.78 is 0. The van der Waals surface area contributed by atoms with E-state index in [0.717, 1.165) is 25.3 Å². The van der Waals surface area contributed by atoms with E-state index in [1.54, 1.807) is 0 Å². The van der Waals surface area contributed by atoms with E-state index in [1.165, 1.54) is 11.1 Å². The van der Waals surface area contributed by atoms with Gasteiger partial charge in [0.25, 0.3) is 0 Å². The number of carbonyl (C=O) groups is 1. The molecule has 6 nitrogen and oxygen atoms in total. The lowest BCUT2D eigenvalue weighted by Gasteiger charge is -2.31. The van der Waals surface area contributed by atoms with Crippen molar-refractivity contribution < 1.29 is 19.5 Å². The molecular weight excluding hydrogens is 272 g/mol. The van der Waals surface area contributed by atoms with Gasteiger partial charge in [0.15, 0.2) is 11.6 Å². The number of hydrogen-bond donors (Lipinski definition) is 1. The minimum Gasteiger partial charge on any atom is -0.478 e. The molecule has 116 valence electrons. The molecule has 0 aromatic carbocycles. The molecule has 0 aromatic rings. The molecular formula is C15H22N2O4. The van der Waals surface area contributed by atoms with E-state index < -0.39 is 11.6 Å². The Bertz CT molecular complexity index is 496. The van der Waals surface area contributed by atoms with E-state index in [1.807, 2.05) is 26.7 Å². The number of unbranched alkanes of at least 4 members (excludes halogenated alkanes) is 1. The maximum Gasteiger partial charge on any atom is 0.328 e. The molecule has 0 saturated heterocycles. The van der Waals surface area contributed by atoms with E-state index >= 15 is 0 Å². The van der Waals surface area contributed by atoms with Gasteiger partial charge in [0.05, 0.1) is 11.3 Å². The summed E-state index contributed by atoms with van der Waals surface area (Å²) in [5.74, 6) is 0.715. The second kappa shape index (κ2) is 7.20. The van der Waals surface area contributed by atoms with Crippen molar-refractivity contribution in [3.05, 3.63) is 17.8 Å². The van der Waals surface area contributed by atoms with Crippen LogP contribution in [0.15, 0.2) is 22.8 Å². The molecule has 1 heterocycles. The number of carboxylic acids is 1. The summed E-state index contributed by atoms with van der Waals surface area (Å²) in [4.78, 5) is 32.0. The van der Waals surface area contributed by atoms with Gasteiger partial charge in [0.2, 0.25) is 0 Å². The highest BCUT2D eigenvalue weighted by Gasteiger charge is 2.34. The molecule has 0 radical (unpaired) electrons. The van der Waals surface area contributed by atoms with Gasteiger partial charge in [-0.15, -0.1) is 0 Å². The number of allylic oxidation sites excluding steroid dienone is 1. The smallest absolute Gasteiger partial charge is 0.328 e. The van der Waals surface area contributed by atoms with Gasteiger partial charge in [-0.1, -0.05) is 13.3 Å². The van der Waals surface area contributed by atoms with Crippen molar-refractivity contribution in [3.8, 4) is 0 Å². The zero-order chi connectivity index (χ0) is 16.0. The molecule has 1 aliphatic rings. The fourth-order valence-corrected chi connectivity index (χ4v) is 1.88. The van der Waals surface area contributed by atoms with Crippen LogP contribution in [0.2, 0.25) is 0 Å². The Kier molecular flexibility index (Phi) is 5.88. The predicted octanol–water partition coefficient (Wildman–Crippen LogP) is 2.35. The molecule has 1 rings (SSSR count). The van der Waals surface area contributed by atoms with E-state index in [-0.39, 0.29) is 17.6 Å². The molecule has 1 aliphatic heterocycles. The molecule has 0 aromatic heterocycles. The van der Waals surface area contributed by atoms with Gasteiger partial charge >= 0.3 is 5.97 Å². The maximum absolute atomic E-state index is 11.2. The first-order valence-corrected chi connectivity index (χ1v) is 7.01. The van der Waals surface area contributed by atoms with Crippen molar-refractivity contribution in [2.75, 3.05) is 0 Å². The molecule has 0 saturated carbocycles. The monoisotopic (exact) mass is 294 g/mol. The van der Waals surface area contributed by atoms with Crippen LogP contribution < -0.4 is 0 Å². The number of nitrogens with zero attached hydrogens (tertiary/aromatic N) is 2. The summed E-state index contributed by atoms with van der Waals surface area (Å²) in [6.45, 7) is 7.68. The van der Waals surface area contributed by atoms with Crippen LogP contribution in [0, 0.1) is 0 Å². The van der Waals surface area contributed by atoms with E-state index in [0.29, 0.717) is 0 Å². The first kappa shape index (κ1) is 17.1. The average Bonchev–Trinajstić information content (AvgIpc) is 2.69. The Morgan fingerprint density at radius 2 is 2.19 bits per heavy atom. The topological polar surface area (TPSA) is 79.2 Å². The third-order valence-corrected chi connectivity index (χ3v) is 2.69. The van der Waals surface area contributed by atoms with Crippen LogP contribution in [0.5, 0.6) is 0 Å². The minimum absolute atomic E-state index is 0.142. The van der Waals surface area contributed by atoms with Crippen molar-refractivity contribution in [1.82, 2.24) is 5.06 Å². The number of hydrogen-bond acceptors (Lipinski definition) is 5. The normalized spacial score (nSPS) is 19.0. The molecule has 1 unspecified atom stereocenters. The summed E-state index contributed by atoms with van der Waals surface area (Å²) in [5.41, 5.74) is -0.0603. The molecule has 21 heavy (non-hydrogen) atoms. The maximum atomic E-state index is 11.2. The van der Waals surface area contributed by atoms with Gasteiger partial charge in [0, 0.05) is 6.08 Å². The molecule has 0 bridgehead atoms. The second-order valence-corrected chi connectivity index (χ2v) is 5.79. The largest absolute Gasteiger partial charge is 0.478 e. The first-order valence-electron chi connectivity index (χ1n) is 7.01. The lowest BCUT2D eigenvalue weighted by Crippen LogP contribution is -2.37. The fourth-order valence-electron chi connectivity index (χ4n) is 1.88. The molecule has 0 amide bonds. The van der Waals surface area contributed by atoms with Gasteiger partial charge in [-0.25, -0.2) is 14.7 Å². The molecule has 0 fully saturated rings. The fraction of sp³-hybridized carbons (Fsp3) is 0.600. The van der Waals surface area contributed by atoms with Crippen LogP contribution in [-0.2, 0) is 14.4 Å². The van der Waals surface area contributed by atoms with E-state index in [4.69, 9.17) is 9.94 Å². The van der Waals surface area contributed by atoms with Crippen molar-refractivity contribution in [2.24, 2.45) is 4.99 Å². The summed E-state index contributed by atoms with van der Waals surface area (Å²) in [6, 6.07) is 0. The average molecular weight is 294 g/mol. The highest BCUT2D eigenvalue weighted by molar-refractivity contribution is 6.15. The standard InChI is InChI=1S/C15H22N2O4/c1-5-6-7-13-16-11(8-9-14(19)20)12(10-18)17(13)21-15(2,3)4/h8-9,13H,5-7H2,1-4H3,(H,19,20). The van der Waals surface area contributed by atoms with Crippen molar-refractivity contribution in [2.45, 2.75) is 58.7 Å². The number of hydroxylamine groups is 2. The van der Waals surface area contributed by atoms with Crippen LogP contribution in [0.25, 0.3) is 0 Å². The van der Waals surface area contributed by atoms with Crippen LogP contribution in [-0.4, -0.2) is 39.6 Å². The highest BCUT2D eigenvalue weighted by Crippen LogP contribution is 2.27. The molecule has 6 heteroatoms. The van der Waals surface area contributed by atoms with E-state index in [2.05, 4.69) is 11.9 Å². The van der Waals surface area contributed by atoms with Crippen molar-refractivity contribution in [3.63, 3.8) is 0 Å². The molecule has 0 aliphatic carbocycles. The Morgan fingerprint density at radius 1 is 1.52 bits per heavy atom. The first-order chi connectivity index (χ1) is 9.78. The highest BCUT2D eigenvalue weighted by atomic mass is 16.7. The van der Waals surface area contributed by atoms with Crippen molar-refractivity contribution >= 4 is 17.6 Å². The summed E-state index contributed by atoms with van der Waals surface area (Å²) in [6.07, 6.45) is 4.58. The Morgan fingerprint density at radius 3 is 2.67 bits per heavy atom. The zero-order valence-electron chi connectivity index (χ0n) is 12.9. The number of carboxylic acid groups (broad SMARTS) is 1. The van der Waals surface area contributed by atoms with Gasteiger partial charge in [0.1, 0.15) is 6.17 Å². The number of aliphatic imine (C=N–C) groups is 1. The lowest BCUT2D eigenvalue weighted by atomic mass is 10.2. The van der Waals surface area contributed by atoms with Crippen LogP contribution in [0.1, 0.15) is 47.0 Å². The minimum atomic E-state index is -1.09. The number of carbonyl (C=O) groups excluding carboxylic acids is 1. The van der Waals surface area contributed by atoms with Crippen LogP contribution in [0.4, 0.5) is 0 Å². The SMILES string of the molecule is CCCCC1N=C(C=CC(=O)O)C(=C=O)N1OC(C)(C)C. The van der Waals surface area contributed by atoms with Crippen LogP contribution >= 0.6 is 0 Å². The summed E-state index contributed by atoms with van der Waals surface area (Å²) >= 11 is 0. The van der Waals surface area contributed by atoms with Gasteiger partial charge in [-0.2, -0.15) is 0 Å². The van der Waals surface area contributed by atoms with E-state index in [9.17, 15) is 9.59 Å². The second-order valence-electron chi connectivity index (χ2n) is 5.79. The van der Waals surface area contributed by atoms with Crippen LogP contribution in [0.3, 0.4) is 0 Å². The summed E-state index contributed by atoms with van der Waals surface area (Å²) in [5, 5.41) is 10.1. The molecule has 1 atom stereocenters. The predicted molar refractivity (Wildman–Crippen MR) is 79.4 cm³/mol. The van der Waals surface area contributed by atoms with Gasteiger partial charge in [-0.05, 0) is 39.7 Å². The Labute approximate surface area is 124 Å². The third kappa shape index (κ3) is 5.17. The summed E-state index contributed by atoms with van der Waals surface area (Å²) in [7, 11) is 0. The number of aliphatic carboxylic acids is 1. The number of rotatable bonds is 6. The third-order valence-electron chi connectivity index (χ3n) is 2.69. The van der Waals surface area contributed by atoms with Crippen molar-refractivity contribution in [1.29, 1.82) is 0 Å². The zero-order valence-corrected chi connectivity index (χ0v) is 12.9. The van der Waals surface area contributed by atoms with Gasteiger partial charge < -0.3 is 5.11 Å². The van der Waals surface area contributed by atoms with Gasteiger partial charge in [-0.3, -0.25) is 9.83 Å². The Hall–Kier alpha value is -1.91. The Balaban J connectivity index is 3.04. The molecule has 1 N–H and O–H groups in total. The lowest BCUT2D eigenvalue weighted by molar-refractivity contribution is -0.218. The quantitative estimate of drug-likeness (QED) is 0.601.